The van der Waals surface area contributed by atoms with Crippen molar-refractivity contribution in [1.82, 2.24) is 33.6 Å². The van der Waals surface area contributed by atoms with Crippen molar-refractivity contribution in [2.45, 2.75) is 46.3 Å². The molecule has 5 heterocycles. The van der Waals surface area contributed by atoms with E-state index in [0.717, 1.165) is 22.7 Å². The number of amides is 1. The van der Waals surface area contributed by atoms with Gasteiger partial charge in [-0.15, -0.1) is 0 Å². The molecular weight excluding hydrogens is 600 g/mol. The van der Waals surface area contributed by atoms with Crippen molar-refractivity contribution in [3.05, 3.63) is 116 Å². The summed E-state index contributed by atoms with van der Waals surface area (Å²) < 4.78 is 33.3. The van der Waals surface area contributed by atoms with Gasteiger partial charge >= 0.3 is 5.69 Å². The van der Waals surface area contributed by atoms with Crippen LogP contribution >= 0.6 is 11.6 Å². The van der Waals surface area contributed by atoms with Gasteiger partial charge in [0.2, 0.25) is 5.28 Å². The number of fused-ring (bicyclic) bond motifs is 4. The van der Waals surface area contributed by atoms with Crippen LogP contribution in [0.5, 0.6) is 0 Å². The SMILES string of the molecule is Cc1nc(Cl)nc2c1n(-c1ccc(C(=O)N3CCc4c(n(Cc5ccc(F)cc5F)c5ncccc45)C3)cc1)c(=O)n2C(C)C. The molecule has 7 rings (SSSR count). The van der Waals surface area contributed by atoms with Gasteiger partial charge in [-0.2, -0.15) is 4.98 Å². The number of aryl methyl sites for hydroxylation is 1. The molecule has 1 aliphatic heterocycles. The number of hydrogen-bond donors (Lipinski definition) is 0. The minimum Gasteiger partial charge on any atom is -0.332 e. The van der Waals surface area contributed by atoms with Crippen LogP contribution in [0.25, 0.3) is 27.9 Å². The van der Waals surface area contributed by atoms with Gasteiger partial charge in [0.25, 0.3) is 5.91 Å². The van der Waals surface area contributed by atoms with Crippen LogP contribution in [0, 0.1) is 18.6 Å². The first kappa shape index (κ1) is 28.8. The van der Waals surface area contributed by atoms with Crippen molar-refractivity contribution in [3.63, 3.8) is 0 Å². The molecule has 228 valence electrons. The molecule has 6 aromatic rings. The monoisotopic (exact) mass is 627 g/mol. The van der Waals surface area contributed by atoms with Gasteiger partial charge < -0.3 is 9.47 Å². The lowest BCUT2D eigenvalue weighted by Gasteiger charge is -2.29. The highest BCUT2D eigenvalue weighted by Crippen LogP contribution is 2.32. The second kappa shape index (κ2) is 10.9. The van der Waals surface area contributed by atoms with E-state index in [-0.39, 0.29) is 29.5 Å². The van der Waals surface area contributed by atoms with Gasteiger partial charge in [0, 0.05) is 47.1 Å². The molecule has 0 saturated heterocycles. The summed E-state index contributed by atoms with van der Waals surface area (Å²) in [5.41, 5.74) is 5.28. The highest BCUT2D eigenvalue weighted by molar-refractivity contribution is 6.28. The molecule has 0 saturated carbocycles. The summed E-state index contributed by atoms with van der Waals surface area (Å²) in [4.78, 5) is 42.3. The van der Waals surface area contributed by atoms with E-state index in [1.807, 2.05) is 30.5 Å². The maximum Gasteiger partial charge on any atom is 0.335 e. The zero-order chi connectivity index (χ0) is 31.6. The summed E-state index contributed by atoms with van der Waals surface area (Å²) in [5.74, 6) is -1.45. The number of rotatable bonds is 5. The molecule has 9 nitrogen and oxygen atoms in total. The Morgan fingerprint density at radius 2 is 1.82 bits per heavy atom. The van der Waals surface area contributed by atoms with Crippen LogP contribution in [0.2, 0.25) is 5.28 Å². The number of nitrogens with zero attached hydrogens (tertiary/aromatic N) is 7. The lowest BCUT2D eigenvalue weighted by Crippen LogP contribution is -2.36. The van der Waals surface area contributed by atoms with Crippen molar-refractivity contribution in [2.75, 3.05) is 6.54 Å². The van der Waals surface area contributed by atoms with Crippen molar-refractivity contribution in [1.29, 1.82) is 0 Å². The molecule has 1 amide bonds. The second-order valence-corrected chi connectivity index (χ2v) is 11.8. The van der Waals surface area contributed by atoms with E-state index >= 15 is 0 Å². The van der Waals surface area contributed by atoms with Crippen LogP contribution in [0.3, 0.4) is 0 Å². The third-order valence-corrected chi connectivity index (χ3v) is 8.56. The molecule has 0 fully saturated rings. The minimum absolute atomic E-state index is 0.0646. The van der Waals surface area contributed by atoms with Crippen LogP contribution < -0.4 is 5.69 Å². The van der Waals surface area contributed by atoms with E-state index in [1.165, 1.54) is 12.1 Å². The topological polar surface area (TPSA) is 90.8 Å². The smallest absolute Gasteiger partial charge is 0.332 e. The Morgan fingerprint density at radius 3 is 2.56 bits per heavy atom. The van der Waals surface area contributed by atoms with Crippen LogP contribution in [0.1, 0.15) is 52.8 Å². The van der Waals surface area contributed by atoms with Crippen molar-refractivity contribution < 1.29 is 13.6 Å². The number of carbonyl (C=O) groups is 1. The molecule has 0 unspecified atom stereocenters. The lowest BCUT2D eigenvalue weighted by molar-refractivity contribution is 0.0730. The Labute approximate surface area is 261 Å². The molecule has 4 aromatic heterocycles. The Bertz CT molecular complexity index is 2200. The fourth-order valence-corrected chi connectivity index (χ4v) is 6.51. The van der Waals surface area contributed by atoms with Gasteiger partial charge in [-0.25, -0.2) is 23.5 Å². The zero-order valence-corrected chi connectivity index (χ0v) is 25.5. The third kappa shape index (κ3) is 4.78. The maximum absolute atomic E-state index is 14.7. The highest BCUT2D eigenvalue weighted by Gasteiger charge is 2.28. The Hall–Kier alpha value is -4.90. The summed E-state index contributed by atoms with van der Waals surface area (Å²) in [6.07, 6.45) is 2.29. The van der Waals surface area contributed by atoms with Crippen LogP contribution in [-0.2, 0) is 19.5 Å². The molecule has 0 radical (unpaired) electrons. The number of carbonyl (C=O) groups excluding carboxylic acids is 1. The van der Waals surface area contributed by atoms with E-state index < -0.39 is 11.6 Å². The van der Waals surface area contributed by atoms with Crippen molar-refractivity contribution in [2.24, 2.45) is 0 Å². The average molecular weight is 628 g/mol. The quantitative estimate of drug-likeness (QED) is 0.219. The molecule has 1 aliphatic rings. The van der Waals surface area contributed by atoms with Gasteiger partial charge in [-0.1, -0.05) is 6.07 Å². The molecular formula is C33H28ClF2N7O2. The first-order valence-corrected chi connectivity index (χ1v) is 15.0. The highest BCUT2D eigenvalue weighted by atomic mass is 35.5. The van der Waals surface area contributed by atoms with E-state index in [9.17, 15) is 18.4 Å². The summed E-state index contributed by atoms with van der Waals surface area (Å²) >= 11 is 6.13. The van der Waals surface area contributed by atoms with Gasteiger partial charge in [0.1, 0.15) is 22.8 Å². The third-order valence-electron chi connectivity index (χ3n) is 8.40. The van der Waals surface area contributed by atoms with E-state index in [4.69, 9.17) is 11.6 Å². The number of hydrogen-bond acceptors (Lipinski definition) is 5. The fraction of sp³-hybridized carbons (Fsp3) is 0.242. The zero-order valence-electron chi connectivity index (χ0n) is 24.8. The Balaban J connectivity index is 1.22. The second-order valence-electron chi connectivity index (χ2n) is 11.5. The first-order chi connectivity index (χ1) is 21.6. The largest absolute Gasteiger partial charge is 0.335 e. The normalized spacial score (nSPS) is 13.3. The molecule has 12 heteroatoms. The number of aromatic nitrogens is 6. The molecule has 2 aromatic carbocycles. The molecule has 0 atom stereocenters. The van der Waals surface area contributed by atoms with Crippen LogP contribution in [-0.4, -0.2) is 46.0 Å². The predicted molar refractivity (Wildman–Crippen MR) is 167 cm³/mol. The van der Waals surface area contributed by atoms with E-state index in [2.05, 4.69) is 15.0 Å². The van der Waals surface area contributed by atoms with E-state index in [0.29, 0.717) is 58.8 Å². The van der Waals surface area contributed by atoms with Gasteiger partial charge in [-0.05, 0) is 86.8 Å². The lowest BCUT2D eigenvalue weighted by atomic mass is 10.0. The molecule has 45 heavy (non-hydrogen) atoms. The standard InChI is InChI=1S/C33H28ClF2N7O2/c1-18(2)42-30-28(19(3)38-32(34)39-30)43(33(42)45)23-10-7-20(8-11-23)31(44)40-14-12-24-25-5-4-13-37-29(25)41(27(24)17-40)16-21-6-9-22(35)15-26(21)36/h4-11,13,15,18H,12,14,16-17H2,1-3H3. The van der Waals surface area contributed by atoms with Gasteiger partial charge in [-0.3, -0.25) is 13.9 Å². The number of imidazole rings is 1. The van der Waals surface area contributed by atoms with Gasteiger partial charge in [0.15, 0.2) is 5.65 Å². The fourth-order valence-electron chi connectivity index (χ4n) is 6.31. The summed E-state index contributed by atoms with van der Waals surface area (Å²) in [6, 6.07) is 14.1. The Morgan fingerprint density at radius 1 is 1.04 bits per heavy atom. The average Bonchev–Trinajstić information content (AvgIpc) is 3.49. The van der Waals surface area contributed by atoms with Crippen LogP contribution in [0.15, 0.2) is 65.6 Å². The summed E-state index contributed by atoms with van der Waals surface area (Å²) in [6.45, 7) is 6.51. The molecule has 0 N–H and O–H groups in total. The van der Waals surface area contributed by atoms with Crippen molar-refractivity contribution >= 4 is 39.7 Å². The predicted octanol–water partition coefficient (Wildman–Crippen LogP) is 6.00. The number of halogens is 3. The van der Waals surface area contributed by atoms with E-state index in [1.54, 1.807) is 51.4 Å². The first-order valence-electron chi connectivity index (χ1n) is 14.6. The molecule has 0 bridgehead atoms. The number of pyridine rings is 1. The molecule has 0 aliphatic carbocycles. The minimum atomic E-state index is -0.639. The van der Waals surface area contributed by atoms with Crippen LogP contribution in [0.4, 0.5) is 8.78 Å². The molecule has 0 spiro atoms. The summed E-state index contributed by atoms with van der Waals surface area (Å²) in [7, 11) is 0. The Kier molecular flexibility index (Phi) is 7.00. The summed E-state index contributed by atoms with van der Waals surface area (Å²) in [5, 5.41) is 1.02. The van der Waals surface area contributed by atoms with Crippen molar-refractivity contribution in [3.8, 4) is 5.69 Å². The van der Waals surface area contributed by atoms with Gasteiger partial charge in [0.05, 0.1) is 24.5 Å². The maximum atomic E-state index is 14.7. The number of benzene rings is 2.